The van der Waals surface area contributed by atoms with E-state index in [2.05, 4.69) is 6.08 Å². The summed E-state index contributed by atoms with van der Waals surface area (Å²) in [6.45, 7) is 2.51. The highest BCUT2D eigenvalue weighted by molar-refractivity contribution is 7.88. The smallest absolute Gasteiger partial charge is 0.211 e. The van der Waals surface area contributed by atoms with Gasteiger partial charge in [-0.05, 0) is 43.7 Å². The van der Waals surface area contributed by atoms with Crippen LogP contribution in [0.3, 0.4) is 0 Å². The van der Waals surface area contributed by atoms with Gasteiger partial charge in [0.05, 0.1) is 12.9 Å². The molecule has 0 aromatic rings. The van der Waals surface area contributed by atoms with Crippen LogP contribution in [0.4, 0.5) is 0 Å². The van der Waals surface area contributed by atoms with Gasteiger partial charge in [-0.2, -0.15) is 0 Å². The first-order valence-electron chi connectivity index (χ1n) is 6.81. The van der Waals surface area contributed by atoms with E-state index in [1.807, 2.05) is 0 Å². The SMILES string of the molecule is COCC(=CC1CCCN(S(C)(=O)=O)C1)CCCN. The summed E-state index contributed by atoms with van der Waals surface area (Å²) in [6.07, 6.45) is 7.31. The van der Waals surface area contributed by atoms with Crippen LogP contribution in [0.1, 0.15) is 25.7 Å². The molecule has 0 spiro atoms. The molecule has 0 amide bonds. The Labute approximate surface area is 116 Å². The molecule has 19 heavy (non-hydrogen) atoms. The fraction of sp³-hybridized carbons (Fsp3) is 0.846. The lowest BCUT2D eigenvalue weighted by atomic mass is 9.95. The Kier molecular flexibility index (Phi) is 6.99. The molecule has 1 saturated heterocycles. The van der Waals surface area contributed by atoms with Gasteiger partial charge < -0.3 is 10.5 Å². The van der Waals surface area contributed by atoms with Gasteiger partial charge in [0.1, 0.15) is 0 Å². The summed E-state index contributed by atoms with van der Waals surface area (Å²) in [7, 11) is -1.39. The standard InChI is InChI=1S/C13H26N2O3S/c1-18-11-13(5-3-7-14)9-12-6-4-8-15(10-12)19(2,16)17/h9,12H,3-8,10-11,14H2,1-2H3. The highest BCUT2D eigenvalue weighted by Crippen LogP contribution is 2.22. The first-order valence-corrected chi connectivity index (χ1v) is 8.66. The van der Waals surface area contributed by atoms with Crippen molar-refractivity contribution in [1.29, 1.82) is 0 Å². The van der Waals surface area contributed by atoms with Crippen LogP contribution in [0.5, 0.6) is 0 Å². The van der Waals surface area contributed by atoms with Gasteiger partial charge in [0.25, 0.3) is 0 Å². The van der Waals surface area contributed by atoms with Gasteiger partial charge in [-0.3, -0.25) is 0 Å². The topological polar surface area (TPSA) is 72.6 Å². The third-order valence-electron chi connectivity index (χ3n) is 3.39. The number of rotatable bonds is 7. The Morgan fingerprint density at radius 3 is 2.84 bits per heavy atom. The minimum absolute atomic E-state index is 0.298. The van der Waals surface area contributed by atoms with Crippen molar-refractivity contribution in [3.63, 3.8) is 0 Å². The maximum absolute atomic E-state index is 11.6. The van der Waals surface area contributed by atoms with E-state index in [-0.39, 0.29) is 0 Å². The lowest BCUT2D eigenvalue weighted by Gasteiger charge is -2.29. The van der Waals surface area contributed by atoms with E-state index in [1.165, 1.54) is 11.8 Å². The predicted octanol–water partition coefficient (Wildman–Crippen LogP) is 0.970. The molecule has 1 unspecified atom stereocenters. The summed E-state index contributed by atoms with van der Waals surface area (Å²) in [5, 5.41) is 0. The van der Waals surface area contributed by atoms with Crippen LogP contribution in [0.25, 0.3) is 0 Å². The van der Waals surface area contributed by atoms with Gasteiger partial charge in [0.2, 0.25) is 10.0 Å². The van der Waals surface area contributed by atoms with Crippen molar-refractivity contribution < 1.29 is 13.2 Å². The normalized spacial score (nSPS) is 22.7. The van der Waals surface area contributed by atoms with E-state index in [0.717, 1.165) is 25.7 Å². The average molecular weight is 290 g/mol. The zero-order valence-corrected chi connectivity index (χ0v) is 12.8. The molecule has 0 aromatic carbocycles. The quantitative estimate of drug-likeness (QED) is 0.709. The molecule has 2 N–H and O–H groups in total. The van der Waals surface area contributed by atoms with E-state index in [1.54, 1.807) is 11.4 Å². The summed E-state index contributed by atoms with van der Waals surface area (Å²) in [6, 6.07) is 0. The lowest BCUT2D eigenvalue weighted by molar-refractivity contribution is 0.220. The molecule has 0 aliphatic carbocycles. The molecule has 1 atom stereocenters. The summed E-state index contributed by atoms with van der Waals surface area (Å²) in [5.74, 6) is 0.298. The van der Waals surface area contributed by atoms with Crippen LogP contribution in [0, 0.1) is 5.92 Å². The largest absolute Gasteiger partial charge is 0.380 e. The second-order valence-corrected chi connectivity index (χ2v) is 7.16. The third kappa shape index (κ3) is 6.03. The molecule has 0 radical (unpaired) electrons. The molecule has 1 aliphatic heterocycles. The summed E-state index contributed by atoms with van der Waals surface area (Å²) in [5.41, 5.74) is 6.76. The molecule has 1 heterocycles. The maximum atomic E-state index is 11.6. The highest BCUT2D eigenvalue weighted by Gasteiger charge is 2.24. The van der Waals surface area contributed by atoms with Gasteiger partial charge in [0, 0.05) is 20.2 Å². The van der Waals surface area contributed by atoms with Crippen LogP contribution in [0.15, 0.2) is 11.6 Å². The number of hydrogen-bond donors (Lipinski definition) is 1. The number of nitrogens with two attached hydrogens (primary N) is 1. The minimum atomic E-state index is -3.07. The van der Waals surface area contributed by atoms with E-state index >= 15 is 0 Å². The van der Waals surface area contributed by atoms with E-state index in [0.29, 0.717) is 32.2 Å². The van der Waals surface area contributed by atoms with E-state index in [4.69, 9.17) is 10.5 Å². The van der Waals surface area contributed by atoms with Gasteiger partial charge >= 0.3 is 0 Å². The predicted molar refractivity (Wildman–Crippen MR) is 77.4 cm³/mol. The number of ether oxygens (including phenoxy) is 1. The highest BCUT2D eigenvalue weighted by atomic mass is 32.2. The van der Waals surface area contributed by atoms with Crippen molar-refractivity contribution in [2.75, 3.05) is 39.6 Å². The molecule has 1 fully saturated rings. The van der Waals surface area contributed by atoms with Crippen molar-refractivity contribution in [2.24, 2.45) is 11.7 Å². The number of hydrogen-bond acceptors (Lipinski definition) is 4. The Morgan fingerprint density at radius 2 is 2.26 bits per heavy atom. The fourth-order valence-electron chi connectivity index (χ4n) is 2.46. The number of piperidine rings is 1. The Balaban J connectivity index is 2.66. The molecule has 0 aromatic heterocycles. The molecule has 5 nitrogen and oxygen atoms in total. The van der Waals surface area contributed by atoms with Crippen LogP contribution in [0.2, 0.25) is 0 Å². The third-order valence-corrected chi connectivity index (χ3v) is 4.66. The second kappa shape index (κ2) is 7.99. The van der Waals surface area contributed by atoms with Crippen LogP contribution >= 0.6 is 0 Å². The van der Waals surface area contributed by atoms with Gasteiger partial charge in [-0.1, -0.05) is 6.08 Å². The molecule has 0 saturated carbocycles. The molecule has 1 rings (SSSR count). The van der Waals surface area contributed by atoms with Crippen molar-refractivity contribution in [3.05, 3.63) is 11.6 Å². The Bertz CT molecular complexity index is 393. The molecule has 1 aliphatic rings. The first-order chi connectivity index (χ1) is 8.97. The maximum Gasteiger partial charge on any atom is 0.211 e. The Hall–Kier alpha value is -0.430. The fourth-order valence-corrected chi connectivity index (χ4v) is 3.39. The summed E-state index contributed by atoms with van der Waals surface area (Å²) < 4.78 is 29.9. The first kappa shape index (κ1) is 16.6. The number of sulfonamides is 1. The van der Waals surface area contributed by atoms with Crippen molar-refractivity contribution in [2.45, 2.75) is 25.7 Å². The van der Waals surface area contributed by atoms with Crippen molar-refractivity contribution >= 4 is 10.0 Å². The van der Waals surface area contributed by atoms with Gasteiger partial charge in [0.15, 0.2) is 0 Å². The molecule has 112 valence electrons. The molecular formula is C13H26N2O3S. The monoisotopic (exact) mass is 290 g/mol. The van der Waals surface area contributed by atoms with Gasteiger partial charge in [-0.25, -0.2) is 12.7 Å². The lowest BCUT2D eigenvalue weighted by Crippen LogP contribution is -2.38. The van der Waals surface area contributed by atoms with Crippen LogP contribution < -0.4 is 5.73 Å². The van der Waals surface area contributed by atoms with E-state index in [9.17, 15) is 8.42 Å². The molecular weight excluding hydrogens is 264 g/mol. The zero-order chi connectivity index (χ0) is 14.3. The number of nitrogens with zero attached hydrogens (tertiary/aromatic N) is 1. The second-order valence-electron chi connectivity index (χ2n) is 5.17. The Morgan fingerprint density at radius 1 is 1.53 bits per heavy atom. The van der Waals surface area contributed by atoms with Crippen LogP contribution in [-0.4, -0.2) is 52.3 Å². The average Bonchev–Trinajstić information content (AvgIpc) is 2.35. The van der Waals surface area contributed by atoms with Gasteiger partial charge in [-0.15, -0.1) is 0 Å². The zero-order valence-electron chi connectivity index (χ0n) is 12.0. The van der Waals surface area contributed by atoms with Crippen molar-refractivity contribution in [1.82, 2.24) is 4.31 Å². The molecule has 6 heteroatoms. The van der Waals surface area contributed by atoms with Crippen molar-refractivity contribution in [3.8, 4) is 0 Å². The van der Waals surface area contributed by atoms with Crippen LogP contribution in [-0.2, 0) is 14.8 Å². The van der Waals surface area contributed by atoms with E-state index < -0.39 is 10.0 Å². The molecule has 0 bridgehead atoms. The number of methoxy groups -OCH3 is 1. The summed E-state index contributed by atoms with van der Waals surface area (Å²) in [4.78, 5) is 0. The summed E-state index contributed by atoms with van der Waals surface area (Å²) >= 11 is 0. The minimum Gasteiger partial charge on any atom is -0.380 e.